The molecular formula is C26H25ClN4O5. The number of fused-ring (bicyclic) bond motifs is 1. The van der Waals surface area contributed by atoms with E-state index in [1.807, 2.05) is 36.0 Å². The lowest BCUT2D eigenvalue weighted by Crippen LogP contribution is -2.36. The van der Waals surface area contributed by atoms with E-state index in [9.17, 15) is 24.6 Å². The van der Waals surface area contributed by atoms with E-state index in [0.717, 1.165) is 10.9 Å². The van der Waals surface area contributed by atoms with Gasteiger partial charge in [-0.1, -0.05) is 35.9 Å². The van der Waals surface area contributed by atoms with Crippen molar-refractivity contribution >= 4 is 40.2 Å². The summed E-state index contributed by atoms with van der Waals surface area (Å²) in [5.74, 6) is -1.47. The quantitative estimate of drug-likeness (QED) is 0.294. The summed E-state index contributed by atoms with van der Waals surface area (Å²) in [5, 5.41) is 26.3. The number of aromatic nitrogens is 2. The van der Waals surface area contributed by atoms with E-state index >= 15 is 0 Å². The molecule has 0 bridgehead atoms. The summed E-state index contributed by atoms with van der Waals surface area (Å²) < 4.78 is 3.27. The number of hydrogen-bond donors (Lipinski definition) is 4. The number of carboxylic acids is 1. The number of anilines is 1. The van der Waals surface area contributed by atoms with Crippen LogP contribution in [0.5, 0.6) is 5.75 Å². The van der Waals surface area contributed by atoms with Gasteiger partial charge in [-0.15, -0.1) is 0 Å². The van der Waals surface area contributed by atoms with Gasteiger partial charge >= 0.3 is 12.0 Å². The van der Waals surface area contributed by atoms with Crippen LogP contribution in [0.3, 0.4) is 0 Å². The molecule has 0 aliphatic carbocycles. The van der Waals surface area contributed by atoms with Crippen LogP contribution in [0.2, 0.25) is 5.02 Å². The lowest BCUT2D eigenvalue weighted by atomic mass is 10.0. The predicted molar refractivity (Wildman–Crippen MR) is 138 cm³/mol. The number of amides is 2. The number of carboxylic acid groups (broad SMARTS) is 1. The molecule has 0 radical (unpaired) electrons. The van der Waals surface area contributed by atoms with Crippen molar-refractivity contribution in [3.05, 3.63) is 93.0 Å². The van der Waals surface area contributed by atoms with Crippen LogP contribution in [0.4, 0.5) is 10.5 Å². The molecule has 1 atom stereocenters. The first-order chi connectivity index (χ1) is 17.1. The topological polar surface area (TPSA) is 126 Å². The number of halogens is 1. The second kappa shape index (κ2) is 10.2. The molecule has 4 N–H and O–H groups in total. The molecule has 0 spiro atoms. The van der Waals surface area contributed by atoms with Crippen molar-refractivity contribution in [2.75, 3.05) is 5.32 Å². The fourth-order valence-corrected chi connectivity index (χ4v) is 4.28. The summed E-state index contributed by atoms with van der Waals surface area (Å²) in [6.07, 6.45) is 2.99. The molecule has 4 rings (SSSR count). The van der Waals surface area contributed by atoms with Crippen LogP contribution < -0.4 is 16.2 Å². The number of rotatable bonds is 7. The van der Waals surface area contributed by atoms with E-state index in [2.05, 4.69) is 10.6 Å². The maximum atomic E-state index is 13.1. The number of urea groups is 1. The number of hydrogen-bond acceptors (Lipinski definition) is 4. The number of carbonyl (C=O) groups excluding carboxylic acids is 1. The molecule has 0 aliphatic heterocycles. The molecule has 186 valence electrons. The van der Waals surface area contributed by atoms with Crippen LogP contribution in [0.1, 0.15) is 29.2 Å². The maximum absolute atomic E-state index is 13.1. The van der Waals surface area contributed by atoms with E-state index < -0.39 is 23.6 Å². The molecule has 2 aromatic heterocycles. The molecule has 0 aliphatic rings. The standard InChI is InChI=1S/C26H25ClN4O5/c1-15-13-31(14-18-5-3-4-6-19(18)27)25(35)23(24(15)34)29-26(36)28-20(12-22(32)33)16-7-8-21-17(11-16)9-10-30(21)2/h3-11,13,20,34H,12,14H2,1-2H3,(H,32,33)(H2,28,29,36)/t20-/m0/s1. The zero-order chi connectivity index (χ0) is 26.0. The van der Waals surface area contributed by atoms with E-state index in [0.29, 0.717) is 21.7 Å². The summed E-state index contributed by atoms with van der Waals surface area (Å²) >= 11 is 6.22. The summed E-state index contributed by atoms with van der Waals surface area (Å²) in [6.45, 7) is 1.73. The van der Waals surface area contributed by atoms with Gasteiger partial charge in [0.2, 0.25) is 0 Å². The Morgan fingerprint density at radius 1 is 1.14 bits per heavy atom. The van der Waals surface area contributed by atoms with Gasteiger partial charge in [0.15, 0.2) is 5.69 Å². The number of benzene rings is 2. The van der Waals surface area contributed by atoms with Gasteiger partial charge < -0.3 is 30.0 Å². The highest BCUT2D eigenvalue weighted by Crippen LogP contribution is 2.26. The van der Waals surface area contributed by atoms with Gasteiger partial charge in [-0.3, -0.25) is 9.59 Å². The largest absolute Gasteiger partial charge is 0.505 e. The van der Waals surface area contributed by atoms with E-state index in [1.165, 1.54) is 10.8 Å². The maximum Gasteiger partial charge on any atom is 0.319 e. The molecule has 10 heteroatoms. The second-order valence-corrected chi connectivity index (χ2v) is 8.96. The lowest BCUT2D eigenvalue weighted by Gasteiger charge is -2.19. The molecule has 4 aromatic rings. The van der Waals surface area contributed by atoms with Crippen molar-refractivity contribution in [3.8, 4) is 5.75 Å². The van der Waals surface area contributed by atoms with Crippen LogP contribution in [0, 0.1) is 6.92 Å². The van der Waals surface area contributed by atoms with Gasteiger partial charge in [0, 0.05) is 35.5 Å². The summed E-state index contributed by atoms with van der Waals surface area (Å²) in [6, 6.07) is 12.6. The number of carbonyl (C=O) groups is 2. The second-order valence-electron chi connectivity index (χ2n) is 8.55. The third-order valence-corrected chi connectivity index (χ3v) is 6.34. The van der Waals surface area contributed by atoms with Gasteiger partial charge in [0.05, 0.1) is 19.0 Å². The minimum Gasteiger partial charge on any atom is -0.505 e. The zero-order valence-electron chi connectivity index (χ0n) is 19.7. The minimum atomic E-state index is -1.10. The number of aryl methyl sites for hydroxylation is 2. The fourth-order valence-electron chi connectivity index (χ4n) is 4.09. The molecule has 36 heavy (non-hydrogen) atoms. The molecule has 2 aromatic carbocycles. The van der Waals surface area contributed by atoms with E-state index in [1.54, 1.807) is 37.3 Å². The van der Waals surface area contributed by atoms with Crippen molar-refractivity contribution in [1.82, 2.24) is 14.5 Å². The number of aliphatic carboxylic acids is 1. The molecule has 0 saturated heterocycles. The highest BCUT2D eigenvalue weighted by Gasteiger charge is 2.22. The number of pyridine rings is 1. The van der Waals surface area contributed by atoms with Gasteiger partial charge in [0.1, 0.15) is 5.75 Å². The Balaban J connectivity index is 1.60. The third kappa shape index (κ3) is 5.21. The van der Waals surface area contributed by atoms with Crippen LogP contribution >= 0.6 is 11.6 Å². The highest BCUT2D eigenvalue weighted by atomic mass is 35.5. The van der Waals surface area contributed by atoms with Crippen LogP contribution in [0.25, 0.3) is 10.9 Å². The monoisotopic (exact) mass is 508 g/mol. The normalized spacial score (nSPS) is 11.9. The number of nitrogens with one attached hydrogen (secondary N) is 2. The Morgan fingerprint density at radius 3 is 2.61 bits per heavy atom. The van der Waals surface area contributed by atoms with Gasteiger partial charge in [-0.2, -0.15) is 0 Å². The van der Waals surface area contributed by atoms with Crippen molar-refractivity contribution in [3.63, 3.8) is 0 Å². The molecule has 2 amide bonds. The van der Waals surface area contributed by atoms with Gasteiger partial charge in [-0.05, 0) is 47.7 Å². The van der Waals surface area contributed by atoms with Crippen molar-refractivity contribution in [1.29, 1.82) is 0 Å². The summed E-state index contributed by atoms with van der Waals surface area (Å²) in [4.78, 5) is 37.5. The van der Waals surface area contributed by atoms with Crippen molar-refractivity contribution < 1.29 is 19.8 Å². The van der Waals surface area contributed by atoms with Crippen LogP contribution in [-0.2, 0) is 18.4 Å². The Hall–Kier alpha value is -4.24. The average Bonchev–Trinajstić information content (AvgIpc) is 3.21. The molecule has 0 unspecified atom stereocenters. The number of aromatic hydroxyl groups is 1. The molecule has 9 nitrogen and oxygen atoms in total. The van der Waals surface area contributed by atoms with Gasteiger partial charge in [0.25, 0.3) is 5.56 Å². The molecule has 0 saturated carbocycles. The Morgan fingerprint density at radius 2 is 1.89 bits per heavy atom. The molecule has 2 heterocycles. The SMILES string of the molecule is Cc1cn(Cc2ccccc2Cl)c(=O)c(NC(=O)N[C@@H](CC(=O)O)c2ccc3c(ccn3C)c2)c1O. The first-order valence-corrected chi connectivity index (χ1v) is 11.5. The molecular weight excluding hydrogens is 484 g/mol. The Labute approximate surface area is 211 Å². The number of nitrogens with zero attached hydrogens (tertiary/aromatic N) is 2. The minimum absolute atomic E-state index is 0.134. The summed E-state index contributed by atoms with van der Waals surface area (Å²) in [5.41, 5.74) is 1.67. The van der Waals surface area contributed by atoms with Crippen molar-refractivity contribution in [2.45, 2.75) is 25.9 Å². The smallest absolute Gasteiger partial charge is 0.319 e. The van der Waals surface area contributed by atoms with E-state index in [-0.39, 0.29) is 24.4 Å². The Bertz CT molecular complexity index is 1520. The third-order valence-electron chi connectivity index (χ3n) is 5.97. The van der Waals surface area contributed by atoms with Gasteiger partial charge in [-0.25, -0.2) is 4.79 Å². The highest BCUT2D eigenvalue weighted by molar-refractivity contribution is 6.31. The van der Waals surface area contributed by atoms with E-state index in [4.69, 9.17) is 11.6 Å². The predicted octanol–water partition coefficient (Wildman–Crippen LogP) is 4.39. The zero-order valence-corrected chi connectivity index (χ0v) is 20.4. The van der Waals surface area contributed by atoms with Crippen molar-refractivity contribution in [2.24, 2.45) is 7.05 Å². The Kier molecular flexibility index (Phi) is 7.03. The first-order valence-electron chi connectivity index (χ1n) is 11.1. The fraction of sp³-hybridized carbons (Fsp3) is 0.192. The van der Waals surface area contributed by atoms with Crippen LogP contribution in [0.15, 0.2) is 65.7 Å². The van der Waals surface area contributed by atoms with Crippen LogP contribution in [-0.4, -0.2) is 31.3 Å². The first kappa shape index (κ1) is 24.9. The lowest BCUT2D eigenvalue weighted by molar-refractivity contribution is -0.137. The average molecular weight is 509 g/mol. The molecule has 0 fully saturated rings. The summed E-state index contributed by atoms with van der Waals surface area (Å²) in [7, 11) is 1.90.